The van der Waals surface area contributed by atoms with Crippen molar-refractivity contribution in [2.45, 2.75) is 37.0 Å². The first-order valence-corrected chi connectivity index (χ1v) is 5.39. The van der Waals surface area contributed by atoms with Gasteiger partial charge in [0.2, 0.25) is 0 Å². The number of piperazine rings is 1. The highest BCUT2D eigenvalue weighted by molar-refractivity contribution is 5.10. The molecule has 3 atom stereocenters. The molecule has 3 fully saturated rings. The molecule has 3 unspecified atom stereocenters. The molecule has 0 aromatic rings. The Morgan fingerprint density at radius 3 is 3.00 bits per heavy atom. The summed E-state index contributed by atoms with van der Waals surface area (Å²) in [4.78, 5) is 2.52. The molecule has 0 aromatic carbocycles. The Morgan fingerprint density at radius 2 is 2.38 bits per heavy atom. The van der Waals surface area contributed by atoms with Crippen LogP contribution in [0.1, 0.15) is 19.3 Å². The van der Waals surface area contributed by atoms with E-state index in [4.69, 9.17) is 4.74 Å². The van der Waals surface area contributed by atoms with Crippen LogP contribution in [-0.2, 0) is 4.74 Å². The smallest absolute Gasteiger partial charge is 0.0776 e. The number of nitrogens with zero attached hydrogens (tertiary/aromatic N) is 1. The van der Waals surface area contributed by atoms with Gasteiger partial charge in [-0.25, -0.2) is 0 Å². The summed E-state index contributed by atoms with van der Waals surface area (Å²) in [5, 5.41) is 3.51. The van der Waals surface area contributed by atoms with Gasteiger partial charge in [-0.1, -0.05) is 0 Å². The summed E-state index contributed by atoms with van der Waals surface area (Å²) in [6.45, 7) is 3.44. The lowest BCUT2D eigenvalue weighted by molar-refractivity contribution is 0.00937. The highest BCUT2D eigenvalue weighted by Crippen LogP contribution is 2.44. The summed E-state index contributed by atoms with van der Waals surface area (Å²) in [6.07, 6.45) is 4.89. The fraction of sp³-hybridized carbons (Fsp3) is 1.00. The summed E-state index contributed by atoms with van der Waals surface area (Å²) in [6, 6.07) is 0. The molecule has 0 aliphatic carbocycles. The molecule has 2 bridgehead atoms. The number of ether oxygens (including phenoxy) is 1. The summed E-state index contributed by atoms with van der Waals surface area (Å²) in [7, 11) is 2.25. The number of fused-ring (bicyclic) bond motifs is 3. The lowest BCUT2D eigenvalue weighted by Gasteiger charge is -2.46. The zero-order valence-electron chi connectivity index (χ0n) is 8.25. The first kappa shape index (κ1) is 8.21. The molecule has 0 radical (unpaired) electrons. The van der Waals surface area contributed by atoms with Gasteiger partial charge >= 0.3 is 0 Å². The lowest BCUT2D eigenvalue weighted by atomic mass is 9.79. The fourth-order valence-corrected chi connectivity index (χ4v) is 3.27. The van der Waals surface area contributed by atoms with Crippen LogP contribution in [0, 0.1) is 0 Å². The van der Waals surface area contributed by atoms with Gasteiger partial charge in [0.05, 0.1) is 17.7 Å². The Hall–Kier alpha value is -0.120. The van der Waals surface area contributed by atoms with E-state index in [1.807, 2.05) is 0 Å². The van der Waals surface area contributed by atoms with Crippen LogP contribution in [0.15, 0.2) is 0 Å². The molecule has 1 N–H and O–H groups in total. The molecular weight excluding hydrogens is 164 g/mol. The molecule has 3 aliphatic rings. The third kappa shape index (κ3) is 1.01. The summed E-state index contributed by atoms with van der Waals surface area (Å²) >= 11 is 0. The maximum Gasteiger partial charge on any atom is 0.0776 e. The second-order valence-corrected chi connectivity index (χ2v) is 4.73. The molecule has 74 valence electrons. The van der Waals surface area contributed by atoms with Crippen LogP contribution in [0.25, 0.3) is 0 Å². The number of rotatable bonds is 0. The Labute approximate surface area is 79.4 Å². The van der Waals surface area contributed by atoms with Crippen molar-refractivity contribution >= 4 is 0 Å². The Morgan fingerprint density at radius 1 is 1.46 bits per heavy atom. The Bertz CT molecular complexity index is 221. The molecule has 13 heavy (non-hydrogen) atoms. The quantitative estimate of drug-likeness (QED) is 0.579. The number of likely N-dealkylation sites (N-methyl/N-ethyl adjacent to an activating group) is 1. The van der Waals surface area contributed by atoms with Gasteiger partial charge in [0.25, 0.3) is 0 Å². The molecule has 3 nitrogen and oxygen atoms in total. The van der Waals surface area contributed by atoms with Crippen LogP contribution >= 0.6 is 0 Å². The molecule has 0 amide bonds. The zero-order valence-corrected chi connectivity index (χ0v) is 8.25. The summed E-state index contributed by atoms with van der Waals surface area (Å²) in [5.74, 6) is 0. The fourth-order valence-electron chi connectivity index (χ4n) is 3.27. The first-order chi connectivity index (χ1) is 6.31. The average Bonchev–Trinajstić information content (AvgIpc) is 2.70. The molecule has 0 saturated carbocycles. The minimum absolute atomic E-state index is 0.348. The summed E-state index contributed by atoms with van der Waals surface area (Å²) in [5.41, 5.74) is 0.348. The minimum atomic E-state index is 0.348. The van der Waals surface area contributed by atoms with Crippen molar-refractivity contribution in [3.05, 3.63) is 0 Å². The number of hydrogen-bond acceptors (Lipinski definition) is 3. The minimum Gasteiger partial charge on any atom is -0.373 e. The predicted octanol–water partition coefficient (Wildman–Crippen LogP) is 0.211. The average molecular weight is 182 g/mol. The van der Waals surface area contributed by atoms with Crippen LogP contribution < -0.4 is 5.32 Å². The van der Waals surface area contributed by atoms with Gasteiger partial charge in [-0.15, -0.1) is 0 Å². The first-order valence-electron chi connectivity index (χ1n) is 5.39. The van der Waals surface area contributed by atoms with Gasteiger partial charge in [0, 0.05) is 19.6 Å². The van der Waals surface area contributed by atoms with Crippen molar-refractivity contribution in [3.63, 3.8) is 0 Å². The van der Waals surface area contributed by atoms with Crippen molar-refractivity contribution < 1.29 is 4.74 Å². The second kappa shape index (κ2) is 2.69. The van der Waals surface area contributed by atoms with E-state index in [-0.39, 0.29) is 0 Å². The lowest BCUT2D eigenvalue weighted by Crippen LogP contribution is -2.64. The molecule has 3 heterocycles. The van der Waals surface area contributed by atoms with Gasteiger partial charge < -0.3 is 10.1 Å². The highest BCUT2D eigenvalue weighted by Gasteiger charge is 2.54. The van der Waals surface area contributed by atoms with E-state index in [1.54, 1.807) is 0 Å². The van der Waals surface area contributed by atoms with Gasteiger partial charge in [-0.05, 0) is 26.3 Å². The highest BCUT2D eigenvalue weighted by atomic mass is 16.5. The molecule has 3 rings (SSSR count). The molecule has 0 aromatic heterocycles. The predicted molar refractivity (Wildman–Crippen MR) is 50.7 cm³/mol. The van der Waals surface area contributed by atoms with E-state index in [0.29, 0.717) is 17.7 Å². The van der Waals surface area contributed by atoms with Gasteiger partial charge in [0.15, 0.2) is 0 Å². The van der Waals surface area contributed by atoms with E-state index >= 15 is 0 Å². The van der Waals surface area contributed by atoms with Gasteiger partial charge in [-0.2, -0.15) is 0 Å². The molecular formula is C10H18N2O. The summed E-state index contributed by atoms with van der Waals surface area (Å²) < 4.78 is 5.95. The molecule has 3 aliphatic heterocycles. The Kier molecular flexibility index (Phi) is 1.70. The third-order valence-corrected chi connectivity index (χ3v) is 4.10. The van der Waals surface area contributed by atoms with Crippen molar-refractivity contribution in [1.82, 2.24) is 10.2 Å². The van der Waals surface area contributed by atoms with E-state index in [1.165, 1.54) is 25.8 Å². The van der Waals surface area contributed by atoms with Crippen molar-refractivity contribution in [1.29, 1.82) is 0 Å². The SMILES string of the molecule is CN1CCNCC12CC1CCC2O1. The standard InChI is InChI=1S/C10H18N2O/c1-12-5-4-11-7-10(12)6-8-2-3-9(10)13-8/h8-9,11H,2-7H2,1H3. The maximum atomic E-state index is 5.95. The van der Waals surface area contributed by atoms with Gasteiger partial charge in [0.1, 0.15) is 0 Å². The van der Waals surface area contributed by atoms with Crippen LogP contribution in [0.5, 0.6) is 0 Å². The zero-order chi connectivity index (χ0) is 8.89. The van der Waals surface area contributed by atoms with Crippen molar-refractivity contribution in [2.24, 2.45) is 0 Å². The van der Waals surface area contributed by atoms with Crippen LogP contribution in [0.2, 0.25) is 0 Å². The van der Waals surface area contributed by atoms with E-state index in [9.17, 15) is 0 Å². The van der Waals surface area contributed by atoms with E-state index in [0.717, 1.165) is 13.1 Å². The Balaban J connectivity index is 1.87. The van der Waals surface area contributed by atoms with Gasteiger partial charge in [-0.3, -0.25) is 4.90 Å². The third-order valence-electron chi connectivity index (χ3n) is 4.10. The van der Waals surface area contributed by atoms with Crippen LogP contribution in [0.4, 0.5) is 0 Å². The molecule has 3 saturated heterocycles. The van der Waals surface area contributed by atoms with Crippen LogP contribution in [-0.4, -0.2) is 49.3 Å². The largest absolute Gasteiger partial charge is 0.373 e. The number of nitrogens with one attached hydrogen (secondary N) is 1. The number of hydrogen-bond donors (Lipinski definition) is 1. The van der Waals surface area contributed by atoms with E-state index in [2.05, 4.69) is 17.3 Å². The molecule has 1 spiro atoms. The normalized spacial score (nSPS) is 50.5. The monoisotopic (exact) mass is 182 g/mol. The second-order valence-electron chi connectivity index (χ2n) is 4.73. The topological polar surface area (TPSA) is 24.5 Å². The molecule has 3 heteroatoms. The van der Waals surface area contributed by atoms with Crippen molar-refractivity contribution in [3.8, 4) is 0 Å². The maximum absolute atomic E-state index is 5.95. The van der Waals surface area contributed by atoms with Crippen LogP contribution in [0.3, 0.4) is 0 Å². The van der Waals surface area contributed by atoms with Crippen molar-refractivity contribution in [2.75, 3.05) is 26.7 Å². The van der Waals surface area contributed by atoms with E-state index < -0.39 is 0 Å².